The minimum atomic E-state index is -4.03. The third-order valence-electron chi connectivity index (χ3n) is 5.30. The molecule has 5 nitrogen and oxygen atoms in total. The van der Waals surface area contributed by atoms with Crippen molar-refractivity contribution in [3.05, 3.63) is 75.8 Å². The van der Waals surface area contributed by atoms with Crippen molar-refractivity contribution in [1.29, 1.82) is 0 Å². The number of unbranched alkanes of at least 4 members (excludes halogenated alkanes) is 4. The molecule has 0 radical (unpaired) electrons. The van der Waals surface area contributed by atoms with Crippen molar-refractivity contribution in [2.45, 2.75) is 70.6 Å². The number of benzene rings is 2. The number of nitrogens with zero attached hydrogens (tertiary/aromatic N) is 1. The monoisotopic (exact) mass is 547 g/mol. The van der Waals surface area contributed by atoms with Crippen molar-refractivity contribution >= 4 is 37.6 Å². The fourth-order valence-corrected chi connectivity index (χ4v) is 4.87. The van der Waals surface area contributed by atoms with E-state index in [0.717, 1.165) is 43.2 Å². The number of halogens is 1. The molecule has 0 saturated carbocycles. The Labute approximate surface area is 212 Å². The topological polar surface area (TPSA) is 72.8 Å². The van der Waals surface area contributed by atoms with Gasteiger partial charge in [-0.15, -0.1) is 4.40 Å². The van der Waals surface area contributed by atoms with Gasteiger partial charge in [0.2, 0.25) is 5.90 Å². The molecule has 0 aliphatic carbocycles. The maximum absolute atomic E-state index is 13.1. The molecular weight excluding hydrogens is 514 g/mol. The van der Waals surface area contributed by atoms with E-state index >= 15 is 0 Å². The third-order valence-corrected chi connectivity index (χ3v) is 7.50. The van der Waals surface area contributed by atoms with Crippen LogP contribution in [0.1, 0.15) is 63.5 Å². The summed E-state index contributed by atoms with van der Waals surface area (Å²) in [6, 6.07) is 16.0. The minimum Gasteiger partial charge on any atom is -0.477 e. The lowest BCUT2D eigenvalue weighted by Gasteiger charge is -2.15. The molecule has 2 rings (SSSR count). The van der Waals surface area contributed by atoms with Gasteiger partial charge in [-0.25, -0.2) is 0 Å². The lowest BCUT2D eigenvalue weighted by atomic mass is 10.0. The van der Waals surface area contributed by atoms with Crippen LogP contribution in [0.25, 0.3) is 0 Å². The van der Waals surface area contributed by atoms with E-state index in [9.17, 15) is 13.2 Å². The van der Waals surface area contributed by atoms with Gasteiger partial charge >= 0.3 is 0 Å². The number of aryl methyl sites for hydroxylation is 1. The fourth-order valence-electron chi connectivity index (χ4n) is 3.39. The second-order valence-corrected chi connectivity index (χ2v) is 10.6. The Hall–Kier alpha value is -2.25. The van der Waals surface area contributed by atoms with Crippen LogP contribution in [0.5, 0.6) is 0 Å². The van der Waals surface area contributed by atoms with Gasteiger partial charge in [0.25, 0.3) is 10.0 Å². The van der Waals surface area contributed by atoms with Crippen LogP contribution < -0.4 is 0 Å². The summed E-state index contributed by atoms with van der Waals surface area (Å²) in [4.78, 5) is 13.1. The molecule has 7 heteroatoms. The molecule has 2 aromatic rings. The van der Waals surface area contributed by atoms with E-state index in [4.69, 9.17) is 4.74 Å². The van der Waals surface area contributed by atoms with Crippen molar-refractivity contribution in [3.8, 4) is 0 Å². The first-order valence-electron chi connectivity index (χ1n) is 11.8. The molecule has 0 aliphatic rings. The average Bonchev–Trinajstić information content (AvgIpc) is 2.82. The van der Waals surface area contributed by atoms with Gasteiger partial charge in [0.05, 0.1) is 16.0 Å². The van der Waals surface area contributed by atoms with Crippen LogP contribution in [0.2, 0.25) is 0 Å². The Morgan fingerprint density at radius 2 is 1.59 bits per heavy atom. The number of allylic oxidation sites excluding steroid dienone is 1. The molecular formula is C27H34BrNO4S. The maximum atomic E-state index is 13.1. The summed E-state index contributed by atoms with van der Waals surface area (Å²) >= 11 is 3.47. The molecule has 184 valence electrons. The van der Waals surface area contributed by atoms with E-state index in [0.29, 0.717) is 22.9 Å². The predicted molar refractivity (Wildman–Crippen MR) is 142 cm³/mol. The third kappa shape index (κ3) is 8.84. The SMILES string of the molecule is CCCCCCCC(=O)/C(Br)=C(Cc1ccccc1)\C(=N/S(=O)(=O)c1ccc(C)cc1)OCC. The first kappa shape index (κ1) is 28.0. The number of sulfonamides is 1. The van der Waals surface area contributed by atoms with E-state index in [1.54, 1.807) is 19.1 Å². The van der Waals surface area contributed by atoms with E-state index in [2.05, 4.69) is 27.3 Å². The molecule has 0 fully saturated rings. The summed E-state index contributed by atoms with van der Waals surface area (Å²) in [6.07, 6.45) is 5.86. The molecule has 0 N–H and O–H groups in total. The lowest BCUT2D eigenvalue weighted by Crippen LogP contribution is -2.17. The van der Waals surface area contributed by atoms with E-state index in [1.165, 1.54) is 12.1 Å². The molecule has 0 aromatic heterocycles. The highest BCUT2D eigenvalue weighted by molar-refractivity contribution is 9.12. The largest absolute Gasteiger partial charge is 0.477 e. The summed E-state index contributed by atoms with van der Waals surface area (Å²) in [5.41, 5.74) is 2.30. The van der Waals surface area contributed by atoms with Crippen LogP contribution in [0.3, 0.4) is 0 Å². The van der Waals surface area contributed by atoms with Gasteiger partial charge in [-0.05, 0) is 53.9 Å². The summed E-state index contributed by atoms with van der Waals surface area (Å²) in [5.74, 6) is -0.138. The number of hydrogen-bond donors (Lipinski definition) is 0. The molecule has 34 heavy (non-hydrogen) atoms. The molecule has 0 saturated heterocycles. The number of carbonyl (C=O) groups is 1. The number of rotatable bonds is 13. The number of ketones is 1. The van der Waals surface area contributed by atoms with E-state index in [-0.39, 0.29) is 23.2 Å². The Bertz CT molecular complexity index is 1090. The molecule has 0 spiro atoms. The van der Waals surface area contributed by atoms with Crippen LogP contribution in [0, 0.1) is 6.92 Å². The van der Waals surface area contributed by atoms with Gasteiger partial charge < -0.3 is 4.74 Å². The molecule has 0 bridgehead atoms. The number of Topliss-reactive ketones (excluding diaryl/α,β-unsaturated/α-hetero) is 1. The smallest absolute Gasteiger partial charge is 0.285 e. The highest BCUT2D eigenvalue weighted by atomic mass is 79.9. The van der Waals surface area contributed by atoms with Crippen molar-refractivity contribution in [2.24, 2.45) is 4.40 Å². The standard InChI is InChI=1S/C27H34BrNO4S/c1-4-6-7-8-12-15-25(30)26(28)24(20-22-13-10-9-11-14-22)27(33-5-2)29-34(31,32)23-18-16-21(3)17-19-23/h9-11,13-14,16-19H,4-8,12,15,20H2,1-3H3/b26-24+,29-27+. The second kappa shape index (κ2) is 14.2. The molecule has 2 aromatic carbocycles. The second-order valence-electron chi connectivity index (χ2n) is 8.16. The maximum Gasteiger partial charge on any atom is 0.285 e. The van der Waals surface area contributed by atoms with Gasteiger partial charge in [0, 0.05) is 18.4 Å². The van der Waals surface area contributed by atoms with Crippen molar-refractivity contribution in [3.63, 3.8) is 0 Å². The molecule has 0 amide bonds. The van der Waals surface area contributed by atoms with Gasteiger partial charge in [-0.3, -0.25) is 4.79 Å². The number of carbonyl (C=O) groups excluding carboxylic acids is 1. The first-order chi connectivity index (χ1) is 16.3. The van der Waals surface area contributed by atoms with Crippen LogP contribution in [0.15, 0.2) is 73.9 Å². The normalized spacial score (nSPS) is 12.9. The predicted octanol–water partition coefficient (Wildman–Crippen LogP) is 6.94. The van der Waals surface area contributed by atoms with Crippen LogP contribution in [0.4, 0.5) is 0 Å². The van der Waals surface area contributed by atoms with Gasteiger partial charge in [-0.1, -0.05) is 80.6 Å². The van der Waals surface area contributed by atoms with Crippen LogP contribution in [-0.4, -0.2) is 26.7 Å². The highest BCUT2D eigenvalue weighted by Crippen LogP contribution is 2.25. The Morgan fingerprint density at radius 1 is 0.941 bits per heavy atom. The fraction of sp³-hybridized carbons (Fsp3) is 0.407. The summed E-state index contributed by atoms with van der Waals surface area (Å²) in [7, 11) is -4.03. The van der Waals surface area contributed by atoms with Gasteiger partial charge in [-0.2, -0.15) is 8.42 Å². The molecule has 0 aliphatic heterocycles. The zero-order valence-corrected chi connectivity index (χ0v) is 22.6. The van der Waals surface area contributed by atoms with E-state index in [1.807, 2.05) is 37.3 Å². The van der Waals surface area contributed by atoms with Crippen molar-refractivity contribution in [2.75, 3.05) is 6.61 Å². The molecule has 0 unspecified atom stereocenters. The summed E-state index contributed by atoms with van der Waals surface area (Å²) in [6.45, 7) is 6.01. The van der Waals surface area contributed by atoms with Crippen molar-refractivity contribution < 1.29 is 17.9 Å². The van der Waals surface area contributed by atoms with Crippen LogP contribution >= 0.6 is 15.9 Å². The van der Waals surface area contributed by atoms with E-state index < -0.39 is 10.0 Å². The Kier molecular flexibility index (Phi) is 11.7. The Balaban J connectivity index is 2.46. The van der Waals surface area contributed by atoms with Crippen molar-refractivity contribution in [1.82, 2.24) is 0 Å². The van der Waals surface area contributed by atoms with Gasteiger partial charge in [0.1, 0.15) is 0 Å². The minimum absolute atomic E-state index is 0.0573. The molecule has 0 atom stereocenters. The zero-order chi connectivity index (χ0) is 25.0. The lowest BCUT2D eigenvalue weighted by molar-refractivity contribution is -0.115. The summed E-state index contributed by atoms with van der Waals surface area (Å²) < 4.78 is 36.2. The number of hydrogen-bond acceptors (Lipinski definition) is 4. The molecule has 0 heterocycles. The highest BCUT2D eigenvalue weighted by Gasteiger charge is 2.23. The average molecular weight is 549 g/mol. The number of ether oxygens (including phenoxy) is 1. The summed E-state index contributed by atoms with van der Waals surface area (Å²) in [5, 5.41) is 0. The van der Waals surface area contributed by atoms with Gasteiger partial charge in [0.15, 0.2) is 5.78 Å². The van der Waals surface area contributed by atoms with Crippen LogP contribution in [-0.2, 0) is 26.0 Å². The quantitative estimate of drug-likeness (QED) is 0.118. The zero-order valence-electron chi connectivity index (χ0n) is 20.2. The first-order valence-corrected chi connectivity index (χ1v) is 14.0. The Morgan fingerprint density at radius 3 is 2.21 bits per heavy atom.